The zero-order valence-corrected chi connectivity index (χ0v) is 12.9. The molecule has 4 rings (SSSR count). The van der Waals surface area contributed by atoms with Crippen molar-refractivity contribution in [2.75, 3.05) is 0 Å². The summed E-state index contributed by atoms with van der Waals surface area (Å²) in [6, 6.07) is 23.2. The molecule has 0 aromatic heterocycles. The molecular weight excluding hydrogens is 302 g/mol. The lowest BCUT2D eigenvalue weighted by atomic mass is 10.1. The lowest BCUT2D eigenvalue weighted by Crippen LogP contribution is -1.85. The van der Waals surface area contributed by atoms with E-state index in [9.17, 15) is 0 Å². The second-order valence-electron chi connectivity index (χ2n) is 5.38. The number of aliphatic imine (C=N–C) groups is 1. The zero-order valence-electron chi connectivity index (χ0n) is 12.9. The highest BCUT2D eigenvalue weighted by Gasteiger charge is 2.13. The minimum Gasteiger partial charge on any atom is -0.457 e. The van der Waals surface area contributed by atoms with Gasteiger partial charge in [0.15, 0.2) is 5.75 Å². The monoisotopic (exact) mass is 317 g/mol. The normalized spacial score (nSPS) is 12.8. The number of hydrogen-bond donors (Lipinski definition) is 0. The average Bonchev–Trinajstić information content (AvgIpc) is 3.10. The van der Waals surface area contributed by atoms with Crippen LogP contribution < -0.4 is 9.62 Å². The molecule has 0 saturated carbocycles. The highest BCUT2D eigenvalue weighted by Crippen LogP contribution is 2.27. The quantitative estimate of drug-likeness (QED) is 0.499. The predicted molar refractivity (Wildman–Crippen MR) is 92.1 cm³/mol. The Morgan fingerprint density at radius 2 is 1.67 bits per heavy atom. The van der Waals surface area contributed by atoms with Crippen LogP contribution in [0.1, 0.15) is 11.1 Å². The molecular formula is C20H15NO3. The molecule has 0 unspecified atom stereocenters. The molecule has 0 fully saturated rings. The smallest absolute Gasteiger partial charge is 0.171 e. The average molecular weight is 317 g/mol. The number of benzene rings is 3. The Morgan fingerprint density at radius 1 is 0.875 bits per heavy atom. The van der Waals surface area contributed by atoms with Crippen molar-refractivity contribution in [2.24, 2.45) is 4.99 Å². The summed E-state index contributed by atoms with van der Waals surface area (Å²) in [5, 5.41) is 0. The number of ether oxygens (including phenoxy) is 1. The van der Waals surface area contributed by atoms with E-state index >= 15 is 0 Å². The molecule has 3 aromatic carbocycles. The lowest BCUT2D eigenvalue weighted by molar-refractivity contribution is -0.194. The van der Waals surface area contributed by atoms with Crippen LogP contribution in [-0.4, -0.2) is 6.21 Å². The fraction of sp³-hybridized carbons (Fsp3) is 0.0500. The highest BCUT2D eigenvalue weighted by molar-refractivity contribution is 5.82. The standard InChI is InChI=1S/C20H15NO3/c1-2-4-18(5-3-1)23-19-10-8-17(9-11-19)21-13-15-6-7-16-14-22-24-20(16)12-15/h1-13H,14H2/b21-13+. The molecule has 0 aliphatic carbocycles. The van der Waals surface area contributed by atoms with Crippen molar-refractivity contribution in [2.45, 2.75) is 6.61 Å². The van der Waals surface area contributed by atoms with E-state index < -0.39 is 0 Å². The lowest BCUT2D eigenvalue weighted by Gasteiger charge is -2.05. The minimum atomic E-state index is 0.496. The van der Waals surface area contributed by atoms with Crippen molar-refractivity contribution >= 4 is 11.9 Å². The molecule has 0 N–H and O–H groups in total. The van der Waals surface area contributed by atoms with Crippen molar-refractivity contribution in [1.29, 1.82) is 0 Å². The maximum Gasteiger partial charge on any atom is 0.171 e. The van der Waals surface area contributed by atoms with E-state index in [1.165, 1.54) is 0 Å². The molecule has 3 aromatic rings. The third-order valence-electron chi connectivity index (χ3n) is 3.63. The maximum absolute atomic E-state index is 5.76. The molecule has 0 bridgehead atoms. The highest BCUT2D eigenvalue weighted by atomic mass is 17.2. The maximum atomic E-state index is 5.76. The largest absolute Gasteiger partial charge is 0.457 e. The van der Waals surface area contributed by atoms with Crippen molar-refractivity contribution in [3.05, 3.63) is 83.9 Å². The first-order valence-corrected chi connectivity index (χ1v) is 7.66. The number of hydrogen-bond acceptors (Lipinski definition) is 4. The van der Waals surface area contributed by atoms with Crippen LogP contribution in [0.5, 0.6) is 17.2 Å². The first-order chi connectivity index (χ1) is 11.9. The van der Waals surface area contributed by atoms with Crippen molar-refractivity contribution < 1.29 is 14.5 Å². The van der Waals surface area contributed by atoms with Gasteiger partial charge in [-0.2, -0.15) is 4.89 Å². The molecule has 1 heterocycles. The number of rotatable bonds is 4. The van der Waals surface area contributed by atoms with Gasteiger partial charge < -0.3 is 9.62 Å². The van der Waals surface area contributed by atoms with Crippen LogP contribution >= 0.6 is 0 Å². The fourth-order valence-corrected chi connectivity index (χ4v) is 2.38. The molecule has 1 aliphatic heterocycles. The van der Waals surface area contributed by atoms with E-state index in [1.807, 2.05) is 72.8 Å². The third-order valence-corrected chi connectivity index (χ3v) is 3.63. The van der Waals surface area contributed by atoms with E-state index in [2.05, 4.69) is 4.99 Å². The van der Waals surface area contributed by atoms with Gasteiger partial charge in [-0.05, 0) is 48.0 Å². The van der Waals surface area contributed by atoms with Gasteiger partial charge in [0.25, 0.3) is 0 Å². The van der Waals surface area contributed by atoms with E-state index in [0.717, 1.165) is 34.1 Å². The van der Waals surface area contributed by atoms with Gasteiger partial charge >= 0.3 is 0 Å². The summed E-state index contributed by atoms with van der Waals surface area (Å²) < 4.78 is 5.76. The second-order valence-corrected chi connectivity index (χ2v) is 5.38. The molecule has 4 nitrogen and oxygen atoms in total. The van der Waals surface area contributed by atoms with E-state index in [-0.39, 0.29) is 0 Å². The summed E-state index contributed by atoms with van der Waals surface area (Å²) in [5.41, 5.74) is 2.87. The zero-order chi connectivity index (χ0) is 16.2. The predicted octanol–water partition coefficient (Wildman–Crippen LogP) is 5.05. The first kappa shape index (κ1) is 14.5. The van der Waals surface area contributed by atoms with Crippen LogP contribution in [0, 0.1) is 0 Å². The Morgan fingerprint density at radius 3 is 2.50 bits per heavy atom. The summed E-state index contributed by atoms with van der Waals surface area (Å²) in [7, 11) is 0. The van der Waals surface area contributed by atoms with Crippen LogP contribution in [0.4, 0.5) is 5.69 Å². The van der Waals surface area contributed by atoms with E-state index in [0.29, 0.717) is 6.61 Å². The van der Waals surface area contributed by atoms with Gasteiger partial charge in [0.05, 0.1) is 5.69 Å². The van der Waals surface area contributed by atoms with Crippen LogP contribution in [0.3, 0.4) is 0 Å². The van der Waals surface area contributed by atoms with Crippen molar-refractivity contribution in [3.8, 4) is 17.2 Å². The Labute approximate surface area is 139 Å². The topological polar surface area (TPSA) is 40.0 Å². The fourth-order valence-electron chi connectivity index (χ4n) is 2.38. The van der Waals surface area contributed by atoms with Gasteiger partial charge in [0.1, 0.15) is 18.1 Å². The molecule has 4 heteroatoms. The molecule has 0 amide bonds. The molecule has 0 saturated heterocycles. The summed E-state index contributed by atoms with van der Waals surface area (Å²) in [6.45, 7) is 0.496. The molecule has 0 atom stereocenters. The van der Waals surface area contributed by atoms with Gasteiger partial charge in [-0.15, -0.1) is 0 Å². The third kappa shape index (κ3) is 3.29. The van der Waals surface area contributed by atoms with Crippen LogP contribution in [0.2, 0.25) is 0 Å². The van der Waals surface area contributed by atoms with Gasteiger partial charge in [-0.3, -0.25) is 4.99 Å². The Balaban J connectivity index is 1.45. The summed E-state index contributed by atoms with van der Waals surface area (Å²) in [5.74, 6) is 2.35. The summed E-state index contributed by atoms with van der Waals surface area (Å²) >= 11 is 0. The van der Waals surface area contributed by atoms with Crippen LogP contribution in [0.15, 0.2) is 77.8 Å². The molecule has 1 aliphatic rings. The van der Waals surface area contributed by atoms with Gasteiger partial charge in [-0.1, -0.05) is 30.3 Å². The summed E-state index contributed by atoms with van der Waals surface area (Å²) in [4.78, 5) is 14.5. The van der Waals surface area contributed by atoms with Gasteiger partial charge in [0, 0.05) is 11.8 Å². The number of para-hydroxylation sites is 1. The second kappa shape index (κ2) is 6.56. The Kier molecular flexibility index (Phi) is 3.96. The molecule has 0 radical (unpaired) electrons. The molecule has 0 spiro atoms. The SMILES string of the molecule is C(=N\c1ccc(Oc2ccccc2)cc1)/c1ccc2c(c1)OOC2. The molecule has 118 valence electrons. The van der Waals surface area contributed by atoms with Crippen LogP contribution in [-0.2, 0) is 11.5 Å². The Hall–Kier alpha value is -3.11. The molecule has 24 heavy (non-hydrogen) atoms. The van der Waals surface area contributed by atoms with Gasteiger partial charge in [-0.25, -0.2) is 0 Å². The minimum absolute atomic E-state index is 0.496. The Bertz CT molecular complexity index is 858. The number of nitrogens with zero attached hydrogens (tertiary/aromatic N) is 1. The summed E-state index contributed by atoms with van der Waals surface area (Å²) in [6.07, 6.45) is 1.80. The van der Waals surface area contributed by atoms with Crippen molar-refractivity contribution in [3.63, 3.8) is 0 Å². The van der Waals surface area contributed by atoms with Gasteiger partial charge in [0.2, 0.25) is 0 Å². The van der Waals surface area contributed by atoms with E-state index in [1.54, 1.807) is 6.21 Å². The van der Waals surface area contributed by atoms with E-state index in [4.69, 9.17) is 14.5 Å². The van der Waals surface area contributed by atoms with Crippen LogP contribution in [0.25, 0.3) is 0 Å². The van der Waals surface area contributed by atoms with Crippen molar-refractivity contribution in [1.82, 2.24) is 0 Å². The number of fused-ring (bicyclic) bond motifs is 1. The first-order valence-electron chi connectivity index (χ1n) is 7.66.